The second-order valence-electron chi connectivity index (χ2n) is 4.03. The second kappa shape index (κ2) is 4.94. The summed E-state index contributed by atoms with van der Waals surface area (Å²) in [7, 11) is -2.85. The molecule has 1 heterocycles. The quantitative estimate of drug-likeness (QED) is 0.671. The number of carbonyl (C=O) groups excluding carboxylic acids is 1. The molecule has 0 aliphatic carbocycles. The van der Waals surface area contributed by atoms with Crippen molar-refractivity contribution in [2.45, 2.75) is 25.8 Å². The van der Waals surface area contributed by atoms with Gasteiger partial charge in [0.2, 0.25) is 5.91 Å². The molecule has 1 fully saturated rings. The average Bonchev–Trinajstić information content (AvgIpc) is 2.53. The first-order valence-electron chi connectivity index (χ1n) is 5.18. The molecule has 0 aromatic rings. The summed E-state index contributed by atoms with van der Waals surface area (Å²) in [5, 5.41) is 2.68. The molecular formula is C9H18N2O3S. The highest BCUT2D eigenvalue weighted by molar-refractivity contribution is 7.91. The van der Waals surface area contributed by atoms with E-state index in [-0.39, 0.29) is 23.3 Å². The Hall–Kier alpha value is -0.620. The van der Waals surface area contributed by atoms with Crippen LogP contribution >= 0.6 is 0 Å². The van der Waals surface area contributed by atoms with Crippen LogP contribution in [-0.2, 0) is 14.6 Å². The number of rotatable bonds is 4. The van der Waals surface area contributed by atoms with E-state index < -0.39 is 15.9 Å². The number of hydrogen-bond donors (Lipinski definition) is 2. The molecule has 1 amide bonds. The summed E-state index contributed by atoms with van der Waals surface area (Å²) in [6.45, 7) is 2.26. The molecule has 15 heavy (non-hydrogen) atoms. The van der Waals surface area contributed by atoms with Crippen LogP contribution in [0.5, 0.6) is 0 Å². The fourth-order valence-corrected chi connectivity index (χ4v) is 3.46. The van der Waals surface area contributed by atoms with Crippen molar-refractivity contribution in [1.82, 2.24) is 5.32 Å². The summed E-state index contributed by atoms with van der Waals surface area (Å²) in [6, 6.07) is -0.483. The molecule has 1 rings (SSSR count). The van der Waals surface area contributed by atoms with E-state index in [1.807, 2.05) is 6.92 Å². The SMILES string of the molecule is CC[C@@H](N)C(=O)NCC1CCS(=O)(=O)C1. The minimum absolute atomic E-state index is 0.0583. The Kier molecular flexibility index (Phi) is 4.10. The van der Waals surface area contributed by atoms with Gasteiger partial charge >= 0.3 is 0 Å². The van der Waals surface area contributed by atoms with Gasteiger partial charge in [-0.3, -0.25) is 4.79 Å². The minimum atomic E-state index is -2.85. The summed E-state index contributed by atoms with van der Waals surface area (Å²) < 4.78 is 22.3. The highest BCUT2D eigenvalue weighted by Gasteiger charge is 2.28. The highest BCUT2D eigenvalue weighted by Crippen LogP contribution is 2.17. The third kappa shape index (κ3) is 3.79. The Morgan fingerprint density at radius 3 is 2.73 bits per heavy atom. The molecule has 0 bridgehead atoms. The van der Waals surface area contributed by atoms with Crippen LogP contribution in [0.4, 0.5) is 0 Å². The normalized spacial score (nSPS) is 26.1. The maximum absolute atomic E-state index is 11.3. The van der Waals surface area contributed by atoms with Crippen molar-refractivity contribution in [3.8, 4) is 0 Å². The number of carbonyl (C=O) groups is 1. The van der Waals surface area contributed by atoms with Crippen molar-refractivity contribution in [1.29, 1.82) is 0 Å². The topological polar surface area (TPSA) is 89.3 Å². The van der Waals surface area contributed by atoms with Crippen LogP contribution in [-0.4, -0.2) is 38.4 Å². The molecule has 5 nitrogen and oxygen atoms in total. The average molecular weight is 234 g/mol. The smallest absolute Gasteiger partial charge is 0.236 e. The Labute approximate surface area is 90.3 Å². The molecule has 1 saturated heterocycles. The molecule has 3 N–H and O–H groups in total. The Morgan fingerprint density at radius 2 is 2.27 bits per heavy atom. The summed E-state index contributed by atoms with van der Waals surface area (Å²) >= 11 is 0. The van der Waals surface area contributed by atoms with Gasteiger partial charge in [-0.15, -0.1) is 0 Å². The van der Waals surface area contributed by atoms with Gasteiger partial charge in [-0.1, -0.05) is 6.92 Å². The lowest BCUT2D eigenvalue weighted by Crippen LogP contribution is -2.42. The van der Waals surface area contributed by atoms with E-state index in [0.717, 1.165) is 0 Å². The lowest BCUT2D eigenvalue weighted by Gasteiger charge is -2.12. The van der Waals surface area contributed by atoms with Crippen molar-refractivity contribution in [2.24, 2.45) is 11.7 Å². The zero-order valence-electron chi connectivity index (χ0n) is 8.90. The zero-order valence-corrected chi connectivity index (χ0v) is 9.72. The first-order valence-corrected chi connectivity index (χ1v) is 7.00. The van der Waals surface area contributed by atoms with Crippen LogP contribution in [0.25, 0.3) is 0 Å². The van der Waals surface area contributed by atoms with E-state index in [1.165, 1.54) is 0 Å². The van der Waals surface area contributed by atoms with Crippen LogP contribution in [0.15, 0.2) is 0 Å². The highest BCUT2D eigenvalue weighted by atomic mass is 32.2. The lowest BCUT2D eigenvalue weighted by atomic mass is 10.1. The van der Waals surface area contributed by atoms with E-state index in [2.05, 4.69) is 5.32 Å². The van der Waals surface area contributed by atoms with Gasteiger partial charge in [0.15, 0.2) is 9.84 Å². The van der Waals surface area contributed by atoms with Gasteiger partial charge < -0.3 is 11.1 Å². The number of nitrogens with one attached hydrogen (secondary N) is 1. The van der Waals surface area contributed by atoms with Gasteiger partial charge in [0.25, 0.3) is 0 Å². The fourth-order valence-electron chi connectivity index (χ4n) is 1.59. The summed E-state index contributed by atoms with van der Waals surface area (Å²) in [5.74, 6) is 0.298. The van der Waals surface area contributed by atoms with Gasteiger partial charge in [0.1, 0.15) is 0 Å². The molecule has 0 aromatic heterocycles. The van der Waals surface area contributed by atoms with Crippen molar-refractivity contribution in [3.05, 3.63) is 0 Å². The van der Waals surface area contributed by atoms with Crippen LogP contribution in [0.2, 0.25) is 0 Å². The van der Waals surface area contributed by atoms with Crippen LogP contribution < -0.4 is 11.1 Å². The molecule has 0 spiro atoms. The number of amides is 1. The van der Waals surface area contributed by atoms with Crippen molar-refractivity contribution >= 4 is 15.7 Å². The summed E-state index contributed by atoms with van der Waals surface area (Å²) in [4.78, 5) is 11.3. The first kappa shape index (κ1) is 12.4. The van der Waals surface area contributed by atoms with Crippen molar-refractivity contribution in [2.75, 3.05) is 18.1 Å². The molecule has 1 aliphatic heterocycles. The first-order chi connectivity index (χ1) is 6.94. The summed E-state index contributed by atoms with van der Waals surface area (Å²) in [5.41, 5.74) is 5.52. The standard InChI is InChI=1S/C9H18N2O3S/c1-2-8(10)9(12)11-5-7-3-4-15(13,14)6-7/h7-8H,2-6,10H2,1H3,(H,11,12)/t7?,8-/m1/s1. The van der Waals surface area contributed by atoms with Gasteiger partial charge in [-0.2, -0.15) is 0 Å². The molecule has 1 unspecified atom stereocenters. The Bertz CT molecular complexity index is 326. The van der Waals surface area contributed by atoms with Gasteiger partial charge in [-0.05, 0) is 18.8 Å². The molecule has 0 radical (unpaired) electrons. The van der Waals surface area contributed by atoms with E-state index >= 15 is 0 Å². The largest absolute Gasteiger partial charge is 0.354 e. The van der Waals surface area contributed by atoms with Gasteiger partial charge in [-0.25, -0.2) is 8.42 Å². The lowest BCUT2D eigenvalue weighted by molar-refractivity contribution is -0.122. The van der Waals surface area contributed by atoms with E-state index in [1.54, 1.807) is 0 Å². The maximum Gasteiger partial charge on any atom is 0.236 e. The Balaban J connectivity index is 2.30. The molecular weight excluding hydrogens is 216 g/mol. The van der Waals surface area contributed by atoms with Crippen LogP contribution in [0.3, 0.4) is 0 Å². The molecule has 6 heteroatoms. The predicted octanol–water partition coefficient (Wildman–Crippen LogP) is -0.725. The fraction of sp³-hybridized carbons (Fsp3) is 0.889. The van der Waals surface area contributed by atoms with Crippen LogP contribution in [0.1, 0.15) is 19.8 Å². The van der Waals surface area contributed by atoms with Gasteiger partial charge in [0.05, 0.1) is 17.5 Å². The minimum Gasteiger partial charge on any atom is -0.354 e. The van der Waals surface area contributed by atoms with E-state index in [9.17, 15) is 13.2 Å². The molecule has 2 atom stereocenters. The summed E-state index contributed by atoms with van der Waals surface area (Å²) in [6.07, 6.45) is 1.23. The number of sulfone groups is 1. The Morgan fingerprint density at radius 1 is 1.60 bits per heavy atom. The number of nitrogens with two attached hydrogens (primary N) is 1. The van der Waals surface area contributed by atoms with E-state index in [0.29, 0.717) is 19.4 Å². The molecule has 88 valence electrons. The van der Waals surface area contributed by atoms with Gasteiger partial charge in [0, 0.05) is 6.54 Å². The maximum atomic E-state index is 11.3. The zero-order chi connectivity index (χ0) is 11.5. The number of hydrogen-bond acceptors (Lipinski definition) is 4. The monoisotopic (exact) mass is 234 g/mol. The van der Waals surface area contributed by atoms with Crippen molar-refractivity contribution < 1.29 is 13.2 Å². The third-order valence-electron chi connectivity index (χ3n) is 2.67. The molecule has 0 saturated carbocycles. The third-order valence-corrected chi connectivity index (χ3v) is 4.51. The predicted molar refractivity (Wildman–Crippen MR) is 58.0 cm³/mol. The second-order valence-corrected chi connectivity index (χ2v) is 6.26. The van der Waals surface area contributed by atoms with E-state index in [4.69, 9.17) is 5.73 Å². The van der Waals surface area contributed by atoms with Crippen molar-refractivity contribution in [3.63, 3.8) is 0 Å². The molecule has 1 aliphatic rings. The molecule has 0 aromatic carbocycles. The van der Waals surface area contributed by atoms with Crippen LogP contribution in [0, 0.1) is 5.92 Å².